The Hall–Kier alpha value is -3.37. The van der Waals surface area contributed by atoms with E-state index >= 15 is 0 Å². The molecule has 1 atom stereocenters. The summed E-state index contributed by atoms with van der Waals surface area (Å²) >= 11 is 1.38. The molecule has 0 radical (unpaired) electrons. The maximum absolute atomic E-state index is 13.5. The molecule has 0 aliphatic carbocycles. The van der Waals surface area contributed by atoms with Crippen molar-refractivity contribution < 1.29 is 18.7 Å². The van der Waals surface area contributed by atoms with Crippen molar-refractivity contribution in [1.29, 1.82) is 0 Å². The van der Waals surface area contributed by atoms with Gasteiger partial charge in [-0.05, 0) is 25.8 Å². The average Bonchev–Trinajstić information content (AvgIpc) is 3.61. The largest absolute Gasteiger partial charge is 0.454 e. The van der Waals surface area contributed by atoms with E-state index < -0.39 is 0 Å². The normalized spacial score (nSPS) is 17.0. The van der Waals surface area contributed by atoms with E-state index in [2.05, 4.69) is 10.1 Å². The van der Waals surface area contributed by atoms with Gasteiger partial charge < -0.3 is 18.7 Å². The van der Waals surface area contributed by atoms with Crippen molar-refractivity contribution in [1.82, 2.24) is 19.7 Å². The molecule has 10 heteroatoms. The van der Waals surface area contributed by atoms with Crippen molar-refractivity contribution in [3.63, 3.8) is 0 Å². The zero-order valence-corrected chi connectivity index (χ0v) is 19.3. The van der Waals surface area contributed by atoms with Crippen LogP contribution in [0.3, 0.4) is 0 Å². The fourth-order valence-electron chi connectivity index (χ4n) is 4.11. The zero-order chi connectivity index (χ0) is 23.1. The molecule has 0 amide bonds. The molecule has 2 aliphatic rings. The maximum atomic E-state index is 13.5. The van der Waals surface area contributed by atoms with E-state index in [1.165, 1.54) is 11.8 Å². The smallest absolute Gasteiger partial charge is 0.262 e. The number of rotatable bonds is 6. The molecule has 174 valence electrons. The summed E-state index contributed by atoms with van der Waals surface area (Å²) in [4.78, 5) is 22.8. The molecule has 0 saturated carbocycles. The number of benzene rings is 2. The number of hydrogen-bond acceptors (Lipinski definition) is 9. The van der Waals surface area contributed by atoms with Crippen LogP contribution in [-0.4, -0.2) is 39.2 Å². The highest BCUT2D eigenvalue weighted by atomic mass is 32.2. The van der Waals surface area contributed by atoms with Crippen molar-refractivity contribution >= 4 is 22.7 Å². The minimum Gasteiger partial charge on any atom is -0.454 e. The van der Waals surface area contributed by atoms with Crippen LogP contribution in [0.1, 0.15) is 24.3 Å². The van der Waals surface area contributed by atoms with Gasteiger partial charge in [-0.3, -0.25) is 9.36 Å². The molecule has 4 heterocycles. The summed E-state index contributed by atoms with van der Waals surface area (Å²) in [5, 5.41) is 5.16. The highest BCUT2D eigenvalue weighted by molar-refractivity contribution is 7.98. The van der Waals surface area contributed by atoms with E-state index in [1.807, 2.05) is 31.2 Å². The molecule has 0 unspecified atom stereocenters. The maximum Gasteiger partial charge on any atom is 0.262 e. The van der Waals surface area contributed by atoms with Crippen molar-refractivity contribution in [2.24, 2.45) is 0 Å². The Morgan fingerprint density at radius 2 is 1.94 bits per heavy atom. The summed E-state index contributed by atoms with van der Waals surface area (Å²) in [5.74, 6) is 2.53. The van der Waals surface area contributed by atoms with Crippen LogP contribution in [0.5, 0.6) is 11.5 Å². The van der Waals surface area contributed by atoms with Crippen LogP contribution in [0, 0.1) is 6.92 Å². The van der Waals surface area contributed by atoms with E-state index in [9.17, 15) is 4.79 Å². The second-order valence-electron chi connectivity index (χ2n) is 8.33. The fourth-order valence-corrected chi connectivity index (χ4v) is 4.96. The van der Waals surface area contributed by atoms with Crippen LogP contribution in [0.2, 0.25) is 0 Å². The first-order valence-corrected chi connectivity index (χ1v) is 12.1. The Labute approximate surface area is 199 Å². The number of thioether (sulfide) groups is 1. The highest BCUT2D eigenvalue weighted by Crippen LogP contribution is 2.35. The Balaban J connectivity index is 1.32. The van der Waals surface area contributed by atoms with Gasteiger partial charge in [0.25, 0.3) is 5.56 Å². The van der Waals surface area contributed by atoms with Crippen molar-refractivity contribution in [3.05, 3.63) is 58.2 Å². The van der Waals surface area contributed by atoms with Crippen molar-refractivity contribution in [2.75, 3.05) is 13.4 Å². The van der Waals surface area contributed by atoms with Gasteiger partial charge in [-0.2, -0.15) is 4.98 Å². The standard InChI is InChI=1S/C24H22N4O5S/c1-14-4-6-15(7-5-14)22-26-21(33-27-22)12-34-24-25-18-10-20-19(31-13-32-20)9-17(18)23(29)28(24)11-16-3-2-8-30-16/h4-7,9-10,16H,2-3,8,11-13H2,1H3/t16-/m0/s1. The van der Waals surface area contributed by atoms with Gasteiger partial charge in [-0.15, -0.1) is 0 Å². The van der Waals surface area contributed by atoms with Crippen LogP contribution in [0.15, 0.2) is 50.9 Å². The minimum absolute atomic E-state index is 0.0122. The van der Waals surface area contributed by atoms with Crippen LogP contribution in [0.25, 0.3) is 22.3 Å². The molecular weight excluding hydrogens is 456 g/mol. The van der Waals surface area contributed by atoms with Gasteiger partial charge >= 0.3 is 0 Å². The van der Waals surface area contributed by atoms with E-state index in [-0.39, 0.29) is 18.5 Å². The van der Waals surface area contributed by atoms with Gasteiger partial charge in [0.05, 0.1) is 29.3 Å². The fraction of sp³-hybridized carbons (Fsp3) is 0.333. The van der Waals surface area contributed by atoms with Crippen LogP contribution < -0.4 is 15.0 Å². The number of fused-ring (bicyclic) bond motifs is 2. The SMILES string of the molecule is Cc1ccc(-c2noc(CSc3nc4cc5c(cc4c(=O)n3C[C@@H]3CCCO3)OCO5)n2)cc1. The summed E-state index contributed by atoms with van der Waals surface area (Å²) in [5.41, 5.74) is 2.48. The third-order valence-electron chi connectivity index (χ3n) is 5.93. The zero-order valence-electron chi connectivity index (χ0n) is 18.5. The molecule has 6 rings (SSSR count). The monoisotopic (exact) mass is 478 g/mol. The number of hydrogen-bond donors (Lipinski definition) is 0. The third kappa shape index (κ3) is 4.03. The number of nitrogens with zero attached hydrogens (tertiary/aromatic N) is 4. The minimum atomic E-state index is -0.132. The number of aromatic nitrogens is 4. The summed E-state index contributed by atoms with van der Waals surface area (Å²) in [7, 11) is 0. The van der Waals surface area contributed by atoms with Crippen LogP contribution in [0.4, 0.5) is 0 Å². The Morgan fingerprint density at radius 1 is 1.12 bits per heavy atom. The van der Waals surface area contributed by atoms with E-state index in [0.717, 1.165) is 24.0 Å². The molecule has 9 nitrogen and oxygen atoms in total. The Kier molecular flexibility index (Phi) is 5.46. The molecule has 34 heavy (non-hydrogen) atoms. The quantitative estimate of drug-likeness (QED) is 0.301. The summed E-state index contributed by atoms with van der Waals surface area (Å²) < 4.78 is 23.9. The average molecular weight is 479 g/mol. The molecule has 1 saturated heterocycles. The lowest BCUT2D eigenvalue weighted by molar-refractivity contribution is 0.0937. The lowest BCUT2D eigenvalue weighted by Crippen LogP contribution is -2.28. The molecule has 0 N–H and O–H groups in total. The highest BCUT2D eigenvalue weighted by Gasteiger charge is 2.23. The molecule has 1 fully saturated rings. The van der Waals surface area contributed by atoms with Gasteiger partial charge in [-0.25, -0.2) is 4.98 Å². The molecular formula is C24H22N4O5S. The van der Waals surface area contributed by atoms with Gasteiger partial charge in [-0.1, -0.05) is 46.7 Å². The molecule has 4 aromatic rings. The summed E-state index contributed by atoms with van der Waals surface area (Å²) in [6, 6.07) is 11.4. The van der Waals surface area contributed by atoms with Gasteiger partial charge in [0.2, 0.25) is 18.5 Å². The summed E-state index contributed by atoms with van der Waals surface area (Å²) in [6.07, 6.45) is 1.90. The predicted octanol–water partition coefficient (Wildman–Crippen LogP) is 3.95. The lowest BCUT2D eigenvalue weighted by Gasteiger charge is -2.16. The topological polar surface area (TPSA) is 102 Å². The number of aryl methyl sites for hydroxylation is 1. The summed E-state index contributed by atoms with van der Waals surface area (Å²) in [6.45, 7) is 3.32. The van der Waals surface area contributed by atoms with E-state index in [0.29, 0.717) is 58.2 Å². The third-order valence-corrected chi connectivity index (χ3v) is 6.89. The molecule has 2 aromatic carbocycles. The van der Waals surface area contributed by atoms with Crippen molar-refractivity contribution in [2.45, 2.75) is 43.3 Å². The van der Waals surface area contributed by atoms with Gasteiger partial charge in [0.15, 0.2) is 16.7 Å². The predicted molar refractivity (Wildman–Crippen MR) is 125 cm³/mol. The Bertz CT molecular complexity index is 1410. The first kappa shape index (κ1) is 21.2. The second kappa shape index (κ2) is 8.77. The second-order valence-corrected chi connectivity index (χ2v) is 9.28. The lowest BCUT2D eigenvalue weighted by atomic mass is 10.1. The molecule has 2 aliphatic heterocycles. The van der Waals surface area contributed by atoms with Crippen LogP contribution >= 0.6 is 11.8 Å². The van der Waals surface area contributed by atoms with Crippen molar-refractivity contribution in [3.8, 4) is 22.9 Å². The van der Waals surface area contributed by atoms with E-state index in [1.54, 1.807) is 16.7 Å². The van der Waals surface area contributed by atoms with Crippen LogP contribution in [-0.2, 0) is 17.0 Å². The molecule has 0 bridgehead atoms. The molecule has 2 aromatic heterocycles. The molecule has 0 spiro atoms. The van der Waals surface area contributed by atoms with Gasteiger partial charge in [0.1, 0.15) is 0 Å². The van der Waals surface area contributed by atoms with Gasteiger partial charge in [0, 0.05) is 18.2 Å². The Morgan fingerprint density at radius 3 is 2.74 bits per heavy atom. The first-order valence-electron chi connectivity index (χ1n) is 11.1. The first-order chi connectivity index (χ1) is 16.6. The number of ether oxygens (including phenoxy) is 3. The van der Waals surface area contributed by atoms with E-state index in [4.69, 9.17) is 23.7 Å².